The predicted molar refractivity (Wildman–Crippen MR) is 54.1 cm³/mol. The molecule has 0 saturated carbocycles. The summed E-state index contributed by atoms with van der Waals surface area (Å²) < 4.78 is 4.77. The number of methoxy groups -OCH3 is 1. The molecule has 0 rings (SSSR count). The molecule has 5 nitrogen and oxygen atoms in total. The molecule has 1 atom stereocenters. The summed E-state index contributed by atoms with van der Waals surface area (Å²) >= 11 is 0. The molecule has 5 heteroatoms. The van der Waals surface area contributed by atoms with Crippen molar-refractivity contribution in [1.29, 1.82) is 0 Å². The average molecular weight is 204 g/mol. The van der Waals surface area contributed by atoms with Gasteiger partial charge in [-0.05, 0) is 13.0 Å². The highest BCUT2D eigenvalue weighted by Gasteiger charge is 2.05. The number of carbonyl (C=O) groups excluding carboxylic acids is 1. The van der Waals surface area contributed by atoms with E-state index in [0.717, 1.165) is 0 Å². The lowest BCUT2D eigenvalue weighted by molar-refractivity contribution is -0.127. The van der Waals surface area contributed by atoms with Crippen LogP contribution in [0.1, 0.15) is 6.42 Å². The summed E-state index contributed by atoms with van der Waals surface area (Å²) in [5.74, 6) is 0.0335. The van der Waals surface area contributed by atoms with E-state index in [2.05, 4.69) is 5.32 Å². The Labute approximate surface area is 85.0 Å². The molecule has 14 heavy (non-hydrogen) atoms. The summed E-state index contributed by atoms with van der Waals surface area (Å²) in [6.45, 7) is 1.26. The minimum absolute atomic E-state index is 0.0335. The van der Waals surface area contributed by atoms with Gasteiger partial charge in [0, 0.05) is 21.2 Å². The molecular formula is C9H20N2O3. The van der Waals surface area contributed by atoms with Crippen LogP contribution >= 0.6 is 0 Å². The van der Waals surface area contributed by atoms with Crippen molar-refractivity contribution < 1.29 is 14.6 Å². The first kappa shape index (κ1) is 13.4. The van der Waals surface area contributed by atoms with Gasteiger partial charge in [0.05, 0.1) is 19.3 Å². The Kier molecular flexibility index (Phi) is 7.37. The van der Waals surface area contributed by atoms with Crippen molar-refractivity contribution in [2.24, 2.45) is 0 Å². The molecule has 0 spiro atoms. The predicted octanol–water partition coefficient (Wildman–Crippen LogP) is -0.938. The number of carbonyl (C=O) groups is 1. The van der Waals surface area contributed by atoms with Crippen LogP contribution < -0.4 is 5.32 Å². The molecule has 0 radical (unpaired) electrons. The summed E-state index contributed by atoms with van der Waals surface area (Å²) in [7, 11) is 4.97. The maximum absolute atomic E-state index is 11.1. The number of hydrogen-bond acceptors (Lipinski definition) is 4. The first-order valence-electron chi connectivity index (χ1n) is 4.65. The smallest absolute Gasteiger partial charge is 0.236 e. The van der Waals surface area contributed by atoms with Crippen LogP contribution in [0.25, 0.3) is 0 Å². The van der Waals surface area contributed by atoms with E-state index in [1.807, 2.05) is 0 Å². The van der Waals surface area contributed by atoms with Gasteiger partial charge in [0.15, 0.2) is 0 Å². The van der Waals surface area contributed by atoms with Crippen molar-refractivity contribution in [2.45, 2.75) is 12.5 Å². The van der Waals surface area contributed by atoms with Gasteiger partial charge in [-0.2, -0.15) is 0 Å². The molecular weight excluding hydrogens is 184 g/mol. The van der Waals surface area contributed by atoms with Crippen molar-refractivity contribution in [1.82, 2.24) is 10.2 Å². The van der Waals surface area contributed by atoms with Crippen molar-refractivity contribution in [2.75, 3.05) is 40.9 Å². The van der Waals surface area contributed by atoms with E-state index in [-0.39, 0.29) is 5.91 Å². The quantitative estimate of drug-likeness (QED) is 0.526. The molecule has 0 saturated heterocycles. The molecule has 0 aliphatic carbocycles. The number of amides is 1. The lowest BCUT2D eigenvalue weighted by Crippen LogP contribution is -2.34. The van der Waals surface area contributed by atoms with Gasteiger partial charge in [-0.15, -0.1) is 0 Å². The zero-order valence-electron chi connectivity index (χ0n) is 9.12. The molecule has 0 aromatic rings. The number of nitrogens with zero attached hydrogens (tertiary/aromatic N) is 1. The number of hydrogen-bond donors (Lipinski definition) is 2. The first-order chi connectivity index (χ1) is 6.57. The third-order valence-electron chi connectivity index (χ3n) is 1.79. The third kappa shape index (κ3) is 6.82. The Morgan fingerprint density at radius 3 is 2.71 bits per heavy atom. The van der Waals surface area contributed by atoms with Crippen molar-refractivity contribution in [3.63, 3.8) is 0 Å². The number of rotatable bonds is 7. The van der Waals surface area contributed by atoms with Crippen LogP contribution in [0.3, 0.4) is 0 Å². The maximum atomic E-state index is 11.1. The third-order valence-corrected chi connectivity index (χ3v) is 1.79. The summed E-state index contributed by atoms with van der Waals surface area (Å²) in [6, 6.07) is 0. The fourth-order valence-corrected chi connectivity index (χ4v) is 0.898. The SMILES string of the molecule is COCC(O)CCNCC(=O)N(C)C. The van der Waals surface area contributed by atoms with Gasteiger partial charge in [-0.1, -0.05) is 0 Å². The summed E-state index contributed by atoms with van der Waals surface area (Å²) in [6.07, 6.45) is 0.135. The Morgan fingerprint density at radius 2 is 2.21 bits per heavy atom. The fraction of sp³-hybridized carbons (Fsp3) is 0.889. The first-order valence-corrected chi connectivity index (χ1v) is 4.65. The molecule has 0 fully saturated rings. The molecule has 0 aromatic carbocycles. The molecule has 0 bridgehead atoms. The second kappa shape index (κ2) is 7.73. The highest BCUT2D eigenvalue weighted by Crippen LogP contribution is 1.89. The van der Waals surface area contributed by atoms with Crippen molar-refractivity contribution in [3.05, 3.63) is 0 Å². The Morgan fingerprint density at radius 1 is 1.57 bits per heavy atom. The monoisotopic (exact) mass is 204 g/mol. The van der Waals surface area contributed by atoms with E-state index in [1.54, 1.807) is 21.2 Å². The number of nitrogens with one attached hydrogen (secondary N) is 1. The van der Waals surface area contributed by atoms with Gasteiger partial charge in [0.2, 0.25) is 5.91 Å². The number of aliphatic hydroxyl groups is 1. The number of aliphatic hydroxyl groups excluding tert-OH is 1. The minimum Gasteiger partial charge on any atom is -0.391 e. The minimum atomic E-state index is -0.457. The molecule has 0 aliphatic rings. The zero-order valence-corrected chi connectivity index (χ0v) is 9.12. The molecule has 1 unspecified atom stereocenters. The fourth-order valence-electron chi connectivity index (χ4n) is 0.898. The topological polar surface area (TPSA) is 61.8 Å². The molecule has 1 amide bonds. The van der Waals surface area contributed by atoms with Crippen LogP contribution in [-0.2, 0) is 9.53 Å². The Hall–Kier alpha value is -0.650. The van der Waals surface area contributed by atoms with Crippen molar-refractivity contribution in [3.8, 4) is 0 Å². The highest BCUT2D eigenvalue weighted by atomic mass is 16.5. The Balaban J connectivity index is 3.33. The largest absolute Gasteiger partial charge is 0.391 e. The van der Waals surface area contributed by atoms with Crippen LogP contribution in [0.15, 0.2) is 0 Å². The van der Waals surface area contributed by atoms with Gasteiger partial charge in [0.25, 0.3) is 0 Å². The zero-order chi connectivity index (χ0) is 11.0. The standard InChI is InChI=1S/C9H20N2O3/c1-11(2)9(13)6-10-5-4-8(12)7-14-3/h8,10,12H,4-7H2,1-3H3. The highest BCUT2D eigenvalue weighted by molar-refractivity contribution is 5.77. The summed E-state index contributed by atoms with van der Waals surface area (Å²) in [5.41, 5.74) is 0. The van der Waals surface area contributed by atoms with E-state index in [9.17, 15) is 9.90 Å². The average Bonchev–Trinajstić information content (AvgIpc) is 2.12. The summed E-state index contributed by atoms with van der Waals surface area (Å²) in [4.78, 5) is 12.6. The van der Waals surface area contributed by atoms with Crippen LogP contribution in [0.5, 0.6) is 0 Å². The van der Waals surface area contributed by atoms with E-state index < -0.39 is 6.10 Å². The molecule has 0 aromatic heterocycles. The van der Waals surface area contributed by atoms with Gasteiger partial charge in [-0.25, -0.2) is 0 Å². The lowest BCUT2D eigenvalue weighted by Gasteiger charge is -2.12. The van der Waals surface area contributed by atoms with Crippen LogP contribution in [0.4, 0.5) is 0 Å². The second-order valence-electron chi connectivity index (χ2n) is 3.36. The van der Waals surface area contributed by atoms with Crippen LogP contribution in [0, 0.1) is 0 Å². The molecule has 0 aliphatic heterocycles. The van der Waals surface area contributed by atoms with Gasteiger partial charge in [0.1, 0.15) is 0 Å². The normalized spacial score (nSPS) is 12.6. The van der Waals surface area contributed by atoms with Crippen molar-refractivity contribution >= 4 is 5.91 Å². The van der Waals surface area contributed by atoms with Gasteiger partial charge < -0.3 is 20.1 Å². The molecule has 0 heterocycles. The van der Waals surface area contributed by atoms with E-state index in [1.165, 1.54) is 4.90 Å². The second-order valence-corrected chi connectivity index (χ2v) is 3.36. The molecule has 84 valence electrons. The Bertz CT molecular complexity index is 162. The van der Waals surface area contributed by atoms with Crippen LogP contribution in [0.2, 0.25) is 0 Å². The maximum Gasteiger partial charge on any atom is 0.236 e. The van der Waals surface area contributed by atoms with E-state index in [0.29, 0.717) is 26.1 Å². The molecule has 2 N–H and O–H groups in total. The van der Waals surface area contributed by atoms with E-state index in [4.69, 9.17) is 4.74 Å². The lowest BCUT2D eigenvalue weighted by atomic mass is 10.2. The summed E-state index contributed by atoms with van der Waals surface area (Å²) in [5, 5.41) is 12.2. The number of likely N-dealkylation sites (N-methyl/N-ethyl adjacent to an activating group) is 1. The van der Waals surface area contributed by atoms with Gasteiger partial charge in [-0.3, -0.25) is 4.79 Å². The van der Waals surface area contributed by atoms with Gasteiger partial charge >= 0.3 is 0 Å². The van der Waals surface area contributed by atoms with E-state index >= 15 is 0 Å². The van der Waals surface area contributed by atoms with Crippen LogP contribution in [-0.4, -0.2) is 62.9 Å². The number of ether oxygens (including phenoxy) is 1.